The largest absolute Gasteiger partial charge is 0.428 e. The smallest absolute Gasteiger partial charge is 0.238 e. The Balaban J connectivity index is 2.10. The van der Waals surface area contributed by atoms with E-state index in [9.17, 15) is 8.42 Å². The highest BCUT2D eigenvalue weighted by atomic mass is 79.9. The molecule has 2 aromatic heterocycles. The highest BCUT2D eigenvalue weighted by Gasteiger charge is 2.29. The SMILES string of the molecule is CC[C@@H](C)Sc1oc(-c2cccs2)nc1S(=O)(=O)c1ccc(Br)cc1. The van der Waals surface area contributed by atoms with Crippen LogP contribution in [-0.2, 0) is 9.84 Å². The maximum Gasteiger partial charge on any atom is 0.238 e. The van der Waals surface area contributed by atoms with Gasteiger partial charge in [-0.25, -0.2) is 8.42 Å². The van der Waals surface area contributed by atoms with E-state index in [-0.39, 0.29) is 15.2 Å². The van der Waals surface area contributed by atoms with Gasteiger partial charge in [0.1, 0.15) is 0 Å². The monoisotopic (exact) mass is 457 g/mol. The van der Waals surface area contributed by atoms with Crippen molar-refractivity contribution in [1.82, 2.24) is 4.98 Å². The molecule has 0 aliphatic carbocycles. The van der Waals surface area contributed by atoms with Crippen molar-refractivity contribution in [3.8, 4) is 10.8 Å². The van der Waals surface area contributed by atoms with Gasteiger partial charge in [0.2, 0.25) is 25.8 Å². The van der Waals surface area contributed by atoms with E-state index in [1.165, 1.54) is 23.1 Å². The van der Waals surface area contributed by atoms with Gasteiger partial charge < -0.3 is 4.42 Å². The van der Waals surface area contributed by atoms with Crippen molar-refractivity contribution >= 4 is 48.9 Å². The third-order valence-electron chi connectivity index (χ3n) is 3.56. The molecular formula is C17H16BrNO3S3. The van der Waals surface area contributed by atoms with E-state index in [1.807, 2.05) is 24.4 Å². The van der Waals surface area contributed by atoms with E-state index in [1.54, 1.807) is 24.3 Å². The summed E-state index contributed by atoms with van der Waals surface area (Å²) in [5.41, 5.74) is 0. The summed E-state index contributed by atoms with van der Waals surface area (Å²) in [5, 5.41) is 2.47. The minimum Gasteiger partial charge on any atom is -0.428 e. The van der Waals surface area contributed by atoms with Gasteiger partial charge in [-0.1, -0.05) is 47.6 Å². The number of nitrogens with zero attached hydrogens (tertiary/aromatic N) is 1. The minimum absolute atomic E-state index is 0.0106. The highest BCUT2D eigenvalue weighted by Crippen LogP contribution is 2.38. The lowest BCUT2D eigenvalue weighted by molar-refractivity contribution is 0.470. The molecule has 8 heteroatoms. The van der Waals surface area contributed by atoms with Crippen molar-refractivity contribution in [2.75, 3.05) is 0 Å². The van der Waals surface area contributed by atoms with Crippen LogP contribution in [0.5, 0.6) is 0 Å². The first-order valence-electron chi connectivity index (χ1n) is 7.64. The molecule has 3 rings (SSSR count). The molecule has 0 radical (unpaired) electrons. The van der Waals surface area contributed by atoms with Crippen molar-refractivity contribution < 1.29 is 12.8 Å². The molecule has 0 unspecified atom stereocenters. The van der Waals surface area contributed by atoms with Crippen molar-refractivity contribution in [3.05, 3.63) is 46.3 Å². The molecular weight excluding hydrogens is 442 g/mol. The zero-order valence-electron chi connectivity index (χ0n) is 13.6. The maximum atomic E-state index is 13.1. The number of aromatic nitrogens is 1. The second-order valence-electron chi connectivity index (χ2n) is 5.38. The Hall–Kier alpha value is -1.09. The first-order chi connectivity index (χ1) is 11.9. The number of thiophene rings is 1. The van der Waals surface area contributed by atoms with Crippen LogP contribution in [-0.4, -0.2) is 18.7 Å². The summed E-state index contributed by atoms with van der Waals surface area (Å²) in [6.07, 6.45) is 0.900. The molecule has 0 spiro atoms. The van der Waals surface area contributed by atoms with Crippen molar-refractivity contribution in [3.63, 3.8) is 0 Å². The summed E-state index contributed by atoms with van der Waals surface area (Å²) >= 11 is 6.19. The van der Waals surface area contributed by atoms with E-state index in [4.69, 9.17) is 4.42 Å². The van der Waals surface area contributed by atoms with Crippen LogP contribution in [0.4, 0.5) is 0 Å². The third-order valence-corrected chi connectivity index (χ3v) is 7.98. The summed E-state index contributed by atoms with van der Waals surface area (Å²) < 4.78 is 32.8. The highest BCUT2D eigenvalue weighted by molar-refractivity contribution is 9.10. The van der Waals surface area contributed by atoms with Crippen LogP contribution in [0.15, 0.2) is 65.7 Å². The van der Waals surface area contributed by atoms with Gasteiger partial charge in [0.15, 0.2) is 0 Å². The molecule has 0 saturated carbocycles. The lowest BCUT2D eigenvalue weighted by atomic mass is 10.4. The number of rotatable bonds is 6. The fourth-order valence-corrected chi connectivity index (χ4v) is 5.41. The summed E-state index contributed by atoms with van der Waals surface area (Å²) in [4.78, 5) is 5.34. The molecule has 25 heavy (non-hydrogen) atoms. The average Bonchev–Trinajstić information content (AvgIpc) is 3.24. The lowest BCUT2D eigenvalue weighted by Crippen LogP contribution is -2.04. The van der Waals surface area contributed by atoms with Crippen molar-refractivity contribution in [2.24, 2.45) is 0 Å². The van der Waals surface area contributed by atoms with Crippen LogP contribution in [0, 0.1) is 0 Å². The van der Waals surface area contributed by atoms with Crippen LogP contribution in [0.3, 0.4) is 0 Å². The van der Waals surface area contributed by atoms with E-state index in [0.29, 0.717) is 11.0 Å². The fraction of sp³-hybridized carbons (Fsp3) is 0.235. The number of hydrogen-bond acceptors (Lipinski definition) is 6. The second-order valence-corrected chi connectivity index (χ2v) is 10.5. The number of oxazole rings is 1. The average molecular weight is 458 g/mol. The Morgan fingerprint density at radius 2 is 2.00 bits per heavy atom. The minimum atomic E-state index is -3.75. The van der Waals surface area contributed by atoms with Gasteiger partial charge in [-0.05, 0) is 42.1 Å². The predicted octanol–water partition coefficient (Wildman–Crippen LogP) is 5.89. The Labute approximate surface area is 163 Å². The van der Waals surface area contributed by atoms with Crippen LogP contribution < -0.4 is 0 Å². The quantitative estimate of drug-likeness (QED) is 0.431. The van der Waals surface area contributed by atoms with Gasteiger partial charge in [-0.3, -0.25) is 0 Å². The molecule has 0 aliphatic rings. The summed E-state index contributed by atoms with van der Waals surface area (Å²) in [5.74, 6) is 0.344. The third kappa shape index (κ3) is 4.02. The number of thioether (sulfide) groups is 1. The van der Waals surface area contributed by atoms with Crippen LogP contribution >= 0.6 is 39.0 Å². The standard InChI is InChI=1S/C17H16BrNO3S3/c1-3-11(2)24-17-16(19-15(22-17)14-5-4-10-23-14)25(20,21)13-8-6-12(18)7-9-13/h4-11H,3H2,1-2H3/t11-/m1/s1. The zero-order chi connectivity index (χ0) is 18.0. The molecule has 0 N–H and O–H groups in total. The van der Waals surface area contributed by atoms with Crippen LogP contribution in [0.25, 0.3) is 10.8 Å². The Morgan fingerprint density at radius 3 is 2.60 bits per heavy atom. The zero-order valence-corrected chi connectivity index (χ0v) is 17.6. The molecule has 0 bridgehead atoms. The molecule has 4 nitrogen and oxygen atoms in total. The number of hydrogen-bond donors (Lipinski definition) is 0. The summed E-state index contributed by atoms with van der Waals surface area (Å²) in [7, 11) is -3.75. The molecule has 0 fully saturated rings. The van der Waals surface area contributed by atoms with E-state index < -0.39 is 9.84 Å². The molecule has 3 aromatic rings. The predicted molar refractivity (Wildman–Crippen MR) is 105 cm³/mol. The second kappa shape index (κ2) is 7.65. The first kappa shape index (κ1) is 18.7. The van der Waals surface area contributed by atoms with Crippen LogP contribution in [0.1, 0.15) is 20.3 Å². The maximum absolute atomic E-state index is 13.1. The number of benzene rings is 1. The van der Waals surface area contributed by atoms with Gasteiger partial charge in [0.05, 0.1) is 9.77 Å². The van der Waals surface area contributed by atoms with Gasteiger partial charge in [-0.2, -0.15) is 4.98 Å². The van der Waals surface area contributed by atoms with Crippen molar-refractivity contribution in [1.29, 1.82) is 0 Å². The summed E-state index contributed by atoms with van der Waals surface area (Å²) in [6, 6.07) is 10.3. The lowest BCUT2D eigenvalue weighted by Gasteiger charge is -2.07. The Bertz CT molecular complexity index is 948. The molecule has 0 saturated heterocycles. The van der Waals surface area contributed by atoms with Gasteiger partial charge in [0.25, 0.3) is 0 Å². The van der Waals surface area contributed by atoms with E-state index in [2.05, 4.69) is 27.8 Å². The van der Waals surface area contributed by atoms with Crippen LogP contribution in [0.2, 0.25) is 0 Å². The molecule has 1 aromatic carbocycles. The van der Waals surface area contributed by atoms with E-state index in [0.717, 1.165) is 15.8 Å². The molecule has 2 heterocycles. The van der Waals surface area contributed by atoms with Gasteiger partial charge >= 0.3 is 0 Å². The fourth-order valence-electron chi connectivity index (χ4n) is 2.03. The molecule has 132 valence electrons. The summed E-state index contributed by atoms with van der Waals surface area (Å²) in [6.45, 7) is 4.09. The van der Waals surface area contributed by atoms with Gasteiger partial charge in [0, 0.05) is 9.72 Å². The molecule has 0 aliphatic heterocycles. The van der Waals surface area contributed by atoms with Crippen molar-refractivity contribution in [2.45, 2.75) is 40.5 Å². The molecule has 0 amide bonds. The number of sulfone groups is 1. The normalized spacial score (nSPS) is 13.1. The first-order valence-corrected chi connectivity index (χ1v) is 11.7. The molecule has 1 atom stereocenters. The van der Waals surface area contributed by atoms with E-state index >= 15 is 0 Å². The topological polar surface area (TPSA) is 60.2 Å². The Morgan fingerprint density at radius 1 is 1.28 bits per heavy atom. The Kier molecular flexibility index (Phi) is 5.72. The van der Waals surface area contributed by atoms with Gasteiger partial charge in [-0.15, -0.1) is 11.3 Å². The number of halogens is 1.